The van der Waals surface area contributed by atoms with Gasteiger partial charge in [-0.15, -0.1) is 22.7 Å². The van der Waals surface area contributed by atoms with Crippen LogP contribution in [-0.2, 0) is 17.6 Å². The van der Waals surface area contributed by atoms with Crippen molar-refractivity contribution < 1.29 is 9.53 Å². The molecule has 1 aromatic carbocycles. The first-order chi connectivity index (χ1) is 16.3. The number of hydrogen-bond donors (Lipinski definition) is 1. The minimum Gasteiger partial charge on any atom is -0.462 e. The van der Waals surface area contributed by atoms with E-state index in [9.17, 15) is 10.1 Å². The van der Waals surface area contributed by atoms with Crippen molar-refractivity contribution >= 4 is 39.2 Å². The number of fused-ring (bicyclic) bond motifs is 1. The Hall–Kier alpha value is -2.95. The molecule has 0 radical (unpaired) electrons. The number of hydrogen-bond acceptors (Lipinski definition) is 7. The minimum atomic E-state index is -0.302. The Labute approximate surface area is 209 Å². The van der Waals surface area contributed by atoms with E-state index >= 15 is 0 Å². The van der Waals surface area contributed by atoms with Gasteiger partial charge in [0.2, 0.25) is 0 Å². The van der Waals surface area contributed by atoms with Crippen LogP contribution in [0.4, 0.5) is 5.00 Å². The van der Waals surface area contributed by atoms with E-state index in [-0.39, 0.29) is 11.4 Å². The molecule has 0 bridgehead atoms. The van der Waals surface area contributed by atoms with Crippen LogP contribution in [0, 0.1) is 22.7 Å². The summed E-state index contributed by atoms with van der Waals surface area (Å²) in [6, 6.07) is 12.2. The van der Waals surface area contributed by atoms with Crippen LogP contribution in [0.5, 0.6) is 0 Å². The number of nitrogens with zero attached hydrogens (tertiary/aromatic N) is 2. The summed E-state index contributed by atoms with van der Waals surface area (Å²) >= 11 is 3.03. The van der Waals surface area contributed by atoms with Crippen molar-refractivity contribution in [1.82, 2.24) is 4.98 Å². The maximum atomic E-state index is 12.9. The van der Waals surface area contributed by atoms with Gasteiger partial charge in [0.05, 0.1) is 17.9 Å². The van der Waals surface area contributed by atoms with Gasteiger partial charge in [0.1, 0.15) is 21.7 Å². The van der Waals surface area contributed by atoms with E-state index in [1.807, 2.05) is 42.6 Å². The van der Waals surface area contributed by atoms with Crippen LogP contribution in [-0.4, -0.2) is 17.6 Å². The van der Waals surface area contributed by atoms with Crippen molar-refractivity contribution in [1.29, 1.82) is 5.26 Å². The summed E-state index contributed by atoms with van der Waals surface area (Å²) in [6.45, 7) is 8.98. The van der Waals surface area contributed by atoms with Gasteiger partial charge in [-0.2, -0.15) is 5.26 Å². The lowest BCUT2D eigenvalue weighted by Crippen LogP contribution is -2.26. The van der Waals surface area contributed by atoms with Gasteiger partial charge in [0, 0.05) is 22.0 Å². The Kier molecular flexibility index (Phi) is 7.20. The molecule has 0 amide bonds. The number of esters is 1. The van der Waals surface area contributed by atoms with Gasteiger partial charge in [0.15, 0.2) is 0 Å². The molecule has 1 aliphatic carbocycles. The lowest BCUT2D eigenvalue weighted by Gasteiger charge is -2.33. The molecule has 1 N–H and O–H groups in total. The van der Waals surface area contributed by atoms with Crippen molar-refractivity contribution in [3.8, 4) is 17.3 Å². The predicted molar refractivity (Wildman–Crippen MR) is 140 cm³/mol. The van der Waals surface area contributed by atoms with E-state index in [4.69, 9.17) is 4.74 Å². The van der Waals surface area contributed by atoms with E-state index in [1.54, 1.807) is 17.5 Å². The van der Waals surface area contributed by atoms with Crippen LogP contribution in [0.3, 0.4) is 0 Å². The smallest absolute Gasteiger partial charge is 0.341 e. The van der Waals surface area contributed by atoms with Crippen LogP contribution < -0.4 is 5.32 Å². The highest BCUT2D eigenvalue weighted by Gasteiger charge is 2.34. The van der Waals surface area contributed by atoms with Crippen LogP contribution in [0.15, 0.2) is 41.9 Å². The van der Waals surface area contributed by atoms with Crippen molar-refractivity contribution in [2.75, 3.05) is 11.9 Å². The minimum absolute atomic E-state index is 0.217. The fourth-order valence-electron chi connectivity index (χ4n) is 4.26. The highest BCUT2D eigenvalue weighted by atomic mass is 32.1. The molecule has 1 unspecified atom stereocenters. The molecule has 1 aliphatic rings. The van der Waals surface area contributed by atoms with E-state index in [2.05, 4.69) is 37.1 Å². The maximum absolute atomic E-state index is 12.9. The van der Waals surface area contributed by atoms with Crippen LogP contribution >= 0.6 is 22.7 Å². The quantitative estimate of drug-likeness (QED) is 0.292. The summed E-state index contributed by atoms with van der Waals surface area (Å²) < 4.78 is 5.39. The van der Waals surface area contributed by atoms with Crippen molar-refractivity contribution in [2.45, 2.75) is 47.0 Å². The van der Waals surface area contributed by atoms with E-state index < -0.39 is 0 Å². The fourth-order valence-corrected chi connectivity index (χ4v) is 6.34. The zero-order chi connectivity index (χ0) is 24.3. The number of allylic oxidation sites excluding steroid dienone is 1. The Morgan fingerprint density at radius 2 is 2.09 bits per heavy atom. The molecule has 0 saturated heterocycles. The molecular formula is C27H29N3O2S2. The third-order valence-corrected chi connectivity index (χ3v) is 8.30. The summed E-state index contributed by atoms with van der Waals surface area (Å²) in [5, 5.41) is 16.4. The van der Waals surface area contributed by atoms with Crippen LogP contribution in [0.25, 0.3) is 16.8 Å². The van der Waals surface area contributed by atoms with E-state index in [0.717, 1.165) is 41.1 Å². The number of carbonyl (C=O) groups excluding carboxylic acids is 1. The van der Waals surface area contributed by atoms with E-state index in [1.165, 1.54) is 16.2 Å². The molecule has 7 heteroatoms. The number of benzene rings is 1. The van der Waals surface area contributed by atoms with Crippen LogP contribution in [0.2, 0.25) is 0 Å². The molecule has 3 aromatic rings. The standard InChI is InChI=1S/C27H29N3O2S2/c1-5-32-26(31)23-20-12-11-19(27(2,3)4)13-22(20)34-25(23)29-15-18(14-28)24-30-21(16-33-24)17-9-7-6-8-10-17/h6-10,15-16,19,29H,5,11-13H2,1-4H3. The molecule has 2 heterocycles. The van der Waals surface area contributed by atoms with Crippen molar-refractivity contribution in [2.24, 2.45) is 11.3 Å². The number of thiazole rings is 1. The maximum Gasteiger partial charge on any atom is 0.341 e. The predicted octanol–water partition coefficient (Wildman–Crippen LogP) is 7.18. The van der Waals surface area contributed by atoms with Gasteiger partial charge in [-0.25, -0.2) is 9.78 Å². The third kappa shape index (κ3) is 5.08. The molecule has 34 heavy (non-hydrogen) atoms. The molecule has 5 nitrogen and oxygen atoms in total. The van der Waals surface area contributed by atoms with Gasteiger partial charge in [0.25, 0.3) is 0 Å². The topological polar surface area (TPSA) is 75.0 Å². The fraction of sp³-hybridized carbons (Fsp3) is 0.370. The average Bonchev–Trinajstić information content (AvgIpc) is 3.44. The summed E-state index contributed by atoms with van der Waals surface area (Å²) in [4.78, 5) is 18.8. The first kappa shape index (κ1) is 24.2. The first-order valence-corrected chi connectivity index (χ1v) is 13.2. The monoisotopic (exact) mass is 491 g/mol. The van der Waals surface area contributed by atoms with Crippen LogP contribution in [0.1, 0.15) is 59.9 Å². The largest absolute Gasteiger partial charge is 0.462 e. The van der Waals surface area contributed by atoms with Gasteiger partial charge in [-0.05, 0) is 43.1 Å². The Bertz CT molecular complexity index is 1240. The highest BCUT2D eigenvalue weighted by Crippen LogP contribution is 2.44. The first-order valence-electron chi connectivity index (χ1n) is 11.5. The number of carbonyl (C=O) groups is 1. The SMILES string of the molecule is CCOC(=O)c1c(NC=C(C#N)c2nc(-c3ccccc3)cs2)sc2c1CCC(C(C)(C)C)C2. The van der Waals surface area contributed by atoms with Crippen molar-refractivity contribution in [3.63, 3.8) is 0 Å². The third-order valence-electron chi connectivity index (χ3n) is 6.24. The Morgan fingerprint density at radius 1 is 1.32 bits per heavy atom. The zero-order valence-corrected chi connectivity index (χ0v) is 21.6. The number of ether oxygens (including phenoxy) is 1. The normalized spacial score (nSPS) is 16.0. The summed E-state index contributed by atoms with van der Waals surface area (Å²) in [6.07, 6.45) is 4.54. The summed E-state index contributed by atoms with van der Waals surface area (Å²) in [5.74, 6) is 0.266. The molecule has 0 spiro atoms. The molecule has 176 valence electrons. The molecule has 0 saturated carbocycles. The highest BCUT2D eigenvalue weighted by molar-refractivity contribution is 7.16. The lowest BCUT2D eigenvalue weighted by atomic mass is 9.72. The van der Waals surface area contributed by atoms with Gasteiger partial charge in [-0.3, -0.25) is 0 Å². The Morgan fingerprint density at radius 3 is 2.76 bits per heavy atom. The number of rotatable bonds is 6. The molecular weight excluding hydrogens is 462 g/mol. The van der Waals surface area contributed by atoms with Gasteiger partial charge < -0.3 is 10.1 Å². The molecule has 4 rings (SSSR count). The number of anilines is 1. The van der Waals surface area contributed by atoms with E-state index in [0.29, 0.717) is 28.7 Å². The molecule has 0 aliphatic heterocycles. The molecule has 0 fully saturated rings. The van der Waals surface area contributed by atoms with Gasteiger partial charge in [-0.1, -0.05) is 51.1 Å². The average molecular weight is 492 g/mol. The number of nitriles is 1. The zero-order valence-electron chi connectivity index (χ0n) is 20.0. The second kappa shape index (κ2) is 10.1. The van der Waals surface area contributed by atoms with Gasteiger partial charge >= 0.3 is 5.97 Å². The molecule has 2 aromatic heterocycles. The summed E-state index contributed by atoms with van der Waals surface area (Å²) in [5.41, 5.74) is 4.22. The second-order valence-corrected chi connectivity index (χ2v) is 11.4. The lowest BCUT2D eigenvalue weighted by molar-refractivity contribution is 0.0526. The molecule has 1 atom stereocenters. The number of aromatic nitrogens is 1. The number of nitrogens with one attached hydrogen (secondary N) is 1. The summed E-state index contributed by atoms with van der Waals surface area (Å²) in [7, 11) is 0. The Balaban J connectivity index is 1.64. The van der Waals surface area contributed by atoms with Crippen molar-refractivity contribution in [3.05, 3.63) is 62.9 Å². The second-order valence-electron chi connectivity index (χ2n) is 9.45. The number of thiophene rings is 1.